The number of anilines is 1. The molecule has 0 bridgehead atoms. The summed E-state index contributed by atoms with van der Waals surface area (Å²) in [5.41, 5.74) is -0.210. The SMILES string of the molecule is CN1C(=O)C=C[C@]2(C)[C@H]3CC[C@]4(C)[C@@H](CC(=O)Nc5ccc(C(F)(F)F)cc5)CC[C@H]4[C@@H]3CC[C@@H]12. The number of amides is 2. The Morgan fingerprint density at radius 1 is 1.06 bits per heavy atom. The zero-order valence-electron chi connectivity index (χ0n) is 20.7. The highest BCUT2D eigenvalue weighted by Gasteiger charge is 2.60. The van der Waals surface area contributed by atoms with Crippen molar-refractivity contribution in [3.63, 3.8) is 0 Å². The molecule has 0 radical (unpaired) electrons. The molecule has 0 saturated heterocycles. The van der Waals surface area contributed by atoms with Gasteiger partial charge in [0.2, 0.25) is 11.8 Å². The summed E-state index contributed by atoms with van der Waals surface area (Å²) in [5, 5.41) is 2.82. The number of fused-ring (bicyclic) bond motifs is 5. The lowest BCUT2D eigenvalue weighted by atomic mass is 9.47. The molecule has 1 aliphatic heterocycles. The van der Waals surface area contributed by atoms with Crippen molar-refractivity contribution in [2.45, 2.75) is 71.0 Å². The van der Waals surface area contributed by atoms with Gasteiger partial charge in [-0.15, -0.1) is 0 Å². The molecular weight excluding hydrogens is 453 g/mol. The van der Waals surface area contributed by atoms with Gasteiger partial charge >= 0.3 is 6.18 Å². The van der Waals surface area contributed by atoms with E-state index >= 15 is 0 Å². The second-order valence-electron chi connectivity index (χ2n) is 11.8. The molecule has 3 saturated carbocycles. The zero-order chi connectivity index (χ0) is 25.2. The van der Waals surface area contributed by atoms with E-state index in [1.54, 1.807) is 6.08 Å². The molecule has 1 N–H and O–H groups in total. The lowest BCUT2D eigenvalue weighted by molar-refractivity contribution is -0.139. The number of carbonyl (C=O) groups excluding carboxylic acids is 2. The van der Waals surface area contributed by atoms with Crippen LogP contribution in [0.15, 0.2) is 36.4 Å². The predicted molar refractivity (Wildman–Crippen MR) is 128 cm³/mol. The molecule has 0 spiro atoms. The Hall–Kier alpha value is -2.31. The first kappa shape index (κ1) is 24.4. The summed E-state index contributed by atoms with van der Waals surface area (Å²) >= 11 is 0. The van der Waals surface area contributed by atoms with Gasteiger partial charge in [0.1, 0.15) is 0 Å². The van der Waals surface area contributed by atoms with Gasteiger partial charge in [-0.05, 0) is 98.0 Å². The molecule has 2 amide bonds. The third kappa shape index (κ3) is 3.99. The molecule has 5 rings (SSSR count). The molecule has 1 heterocycles. The van der Waals surface area contributed by atoms with Crippen molar-refractivity contribution < 1.29 is 22.8 Å². The van der Waals surface area contributed by atoms with Crippen LogP contribution in [-0.4, -0.2) is 29.8 Å². The summed E-state index contributed by atoms with van der Waals surface area (Å²) in [6.45, 7) is 4.69. The summed E-state index contributed by atoms with van der Waals surface area (Å²) in [6.07, 6.45) is 6.43. The van der Waals surface area contributed by atoms with Gasteiger partial charge in [-0.1, -0.05) is 19.9 Å². The summed E-state index contributed by atoms with van der Waals surface area (Å²) in [4.78, 5) is 27.1. The van der Waals surface area contributed by atoms with Gasteiger partial charge in [0.05, 0.1) is 5.56 Å². The minimum absolute atomic E-state index is 0.00491. The van der Waals surface area contributed by atoms with Gasteiger partial charge in [0.15, 0.2) is 0 Å². The van der Waals surface area contributed by atoms with Gasteiger partial charge in [-0.3, -0.25) is 9.59 Å². The maximum absolute atomic E-state index is 12.9. The number of likely N-dealkylation sites (N-methyl/N-ethyl adjacent to an activating group) is 1. The van der Waals surface area contributed by atoms with Crippen LogP contribution in [0.5, 0.6) is 0 Å². The van der Waals surface area contributed by atoms with E-state index in [1.165, 1.54) is 12.1 Å². The van der Waals surface area contributed by atoms with Crippen molar-refractivity contribution in [2.24, 2.45) is 34.5 Å². The van der Waals surface area contributed by atoms with E-state index in [-0.39, 0.29) is 34.6 Å². The summed E-state index contributed by atoms with van der Waals surface area (Å²) in [7, 11) is 1.93. The van der Waals surface area contributed by atoms with Gasteiger partial charge < -0.3 is 10.2 Å². The van der Waals surface area contributed by atoms with Crippen molar-refractivity contribution >= 4 is 17.5 Å². The minimum Gasteiger partial charge on any atom is -0.338 e. The number of nitrogens with zero attached hydrogens (tertiary/aromatic N) is 1. The average Bonchev–Trinajstić information content (AvgIpc) is 3.12. The first-order valence-corrected chi connectivity index (χ1v) is 12.9. The largest absolute Gasteiger partial charge is 0.416 e. The van der Waals surface area contributed by atoms with Crippen LogP contribution in [0.4, 0.5) is 18.9 Å². The maximum atomic E-state index is 12.9. The smallest absolute Gasteiger partial charge is 0.338 e. The molecule has 7 heteroatoms. The molecule has 190 valence electrons. The van der Waals surface area contributed by atoms with Crippen molar-refractivity contribution in [2.75, 3.05) is 12.4 Å². The van der Waals surface area contributed by atoms with Crippen molar-refractivity contribution in [3.8, 4) is 0 Å². The molecule has 1 aromatic rings. The van der Waals surface area contributed by atoms with E-state index in [0.717, 1.165) is 50.7 Å². The quantitative estimate of drug-likeness (QED) is 0.544. The van der Waals surface area contributed by atoms with Crippen LogP contribution in [0.3, 0.4) is 0 Å². The van der Waals surface area contributed by atoms with Crippen LogP contribution >= 0.6 is 0 Å². The van der Waals surface area contributed by atoms with Crippen LogP contribution in [-0.2, 0) is 15.8 Å². The highest BCUT2D eigenvalue weighted by Crippen LogP contribution is 2.66. The molecule has 35 heavy (non-hydrogen) atoms. The number of halogens is 3. The number of rotatable bonds is 3. The fourth-order valence-corrected chi connectivity index (χ4v) is 8.36. The monoisotopic (exact) mass is 488 g/mol. The lowest BCUT2D eigenvalue weighted by Crippen LogP contribution is -2.59. The van der Waals surface area contributed by atoms with E-state index in [4.69, 9.17) is 0 Å². The van der Waals surface area contributed by atoms with Crippen molar-refractivity contribution in [3.05, 3.63) is 42.0 Å². The molecule has 4 nitrogen and oxygen atoms in total. The fourth-order valence-electron chi connectivity index (χ4n) is 8.36. The molecule has 0 aromatic heterocycles. The van der Waals surface area contributed by atoms with Crippen molar-refractivity contribution in [1.82, 2.24) is 4.90 Å². The second kappa shape index (κ2) is 8.38. The van der Waals surface area contributed by atoms with E-state index in [9.17, 15) is 22.8 Å². The first-order chi connectivity index (χ1) is 16.4. The highest BCUT2D eigenvalue weighted by molar-refractivity contribution is 5.91. The Balaban J connectivity index is 1.27. The Bertz CT molecular complexity index is 1040. The maximum Gasteiger partial charge on any atom is 0.416 e. The Kier molecular flexibility index (Phi) is 5.84. The minimum atomic E-state index is -4.39. The number of nitrogens with one attached hydrogen (secondary N) is 1. The number of hydrogen-bond donors (Lipinski definition) is 1. The third-order valence-electron chi connectivity index (χ3n) is 10.3. The Morgan fingerprint density at radius 2 is 1.77 bits per heavy atom. The molecule has 0 unspecified atom stereocenters. The topological polar surface area (TPSA) is 49.4 Å². The summed E-state index contributed by atoms with van der Waals surface area (Å²) in [6, 6.07) is 4.92. The predicted octanol–water partition coefficient (Wildman–Crippen LogP) is 6.29. The first-order valence-electron chi connectivity index (χ1n) is 12.9. The fraction of sp³-hybridized carbons (Fsp3) is 0.643. The number of hydrogen-bond acceptors (Lipinski definition) is 2. The molecule has 3 fully saturated rings. The van der Waals surface area contributed by atoms with Crippen LogP contribution in [0, 0.1) is 34.5 Å². The number of benzene rings is 1. The lowest BCUT2D eigenvalue weighted by Gasteiger charge is -2.60. The Labute approximate surface area is 205 Å². The van der Waals surface area contributed by atoms with Crippen LogP contribution in [0.1, 0.15) is 64.4 Å². The molecule has 1 aromatic carbocycles. The molecular formula is C28H35F3N2O2. The zero-order valence-corrected chi connectivity index (χ0v) is 20.7. The van der Waals surface area contributed by atoms with E-state index < -0.39 is 11.7 Å². The van der Waals surface area contributed by atoms with Crippen molar-refractivity contribution in [1.29, 1.82) is 0 Å². The van der Waals surface area contributed by atoms with E-state index in [2.05, 4.69) is 25.2 Å². The molecule has 4 aliphatic rings. The van der Waals surface area contributed by atoms with Gasteiger partial charge in [0, 0.05) is 30.6 Å². The summed E-state index contributed by atoms with van der Waals surface area (Å²) < 4.78 is 38.4. The Morgan fingerprint density at radius 3 is 2.46 bits per heavy atom. The highest BCUT2D eigenvalue weighted by atomic mass is 19.4. The van der Waals surface area contributed by atoms with Gasteiger partial charge in [-0.2, -0.15) is 13.2 Å². The van der Waals surface area contributed by atoms with Crippen LogP contribution < -0.4 is 5.32 Å². The van der Waals surface area contributed by atoms with E-state index in [0.29, 0.717) is 29.9 Å². The van der Waals surface area contributed by atoms with Gasteiger partial charge in [-0.25, -0.2) is 0 Å². The molecule has 7 atom stereocenters. The number of carbonyl (C=O) groups is 2. The summed E-state index contributed by atoms with van der Waals surface area (Å²) in [5.74, 6) is 1.98. The van der Waals surface area contributed by atoms with Gasteiger partial charge in [0.25, 0.3) is 0 Å². The van der Waals surface area contributed by atoms with E-state index in [1.807, 2.05) is 11.9 Å². The third-order valence-corrected chi connectivity index (χ3v) is 10.3. The normalized spacial score (nSPS) is 38.5. The standard InChI is InChI=1S/C28H35F3N2O2/c1-26-14-12-22-20(9-11-23-27(22,2)15-13-25(35)33(23)3)21(26)10-6-18(26)16-24(34)32-19-7-4-17(5-8-19)28(29,30)31/h4-5,7-8,13,15,18,20-23H,6,9-12,14,16H2,1-3H3,(H,32,34)/t18-,20+,21+,22+,23-,26-,27-/m1/s1. The average molecular weight is 489 g/mol. The van der Waals surface area contributed by atoms with Crippen LogP contribution in [0.2, 0.25) is 0 Å². The number of alkyl halides is 3. The second-order valence-corrected chi connectivity index (χ2v) is 11.8. The van der Waals surface area contributed by atoms with Crippen LogP contribution in [0.25, 0.3) is 0 Å². The molecule has 3 aliphatic carbocycles.